The minimum atomic E-state index is -0.512. The first-order chi connectivity index (χ1) is 14.5. The van der Waals surface area contributed by atoms with Crippen molar-refractivity contribution in [3.8, 4) is 22.5 Å². The number of H-pyrrole nitrogens is 1. The van der Waals surface area contributed by atoms with Crippen LogP contribution in [0.2, 0.25) is 0 Å². The van der Waals surface area contributed by atoms with Crippen molar-refractivity contribution in [2.75, 3.05) is 0 Å². The van der Waals surface area contributed by atoms with Gasteiger partial charge in [0.15, 0.2) is 0 Å². The van der Waals surface area contributed by atoms with Crippen LogP contribution in [0.25, 0.3) is 22.5 Å². The number of nitrogens with one attached hydrogen (secondary N) is 2. The molecule has 1 aliphatic heterocycles. The topological polar surface area (TPSA) is 86.8 Å². The zero-order valence-electron chi connectivity index (χ0n) is 17.7. The van der Waals surface area contributed by atoms with Gasteiger partial charge < -0.3 is 4.90 Å². The van der Waals surface area contributed by atoms with E-state index >= 15 is 0 Å². The highest BCUT2D eigenvalue weighted by Crippen LogP contribution is 2.30. The molecule has 156 valence electrons. The first-order valence-corrected chi connectivity index (χ1v) is 10.5. The lowest BCUT2D eigenvalue weighted by Gasteiger charge is -2.24. The molecule has 1 aliphatic rings. The number of hydrogen-bond acceptors (Lipinski definition) is 5. The molecule has 30 heavy (non-hydrogen) atoms. The van der Waals surface area contributed by atoms with E-state index in [1.807, 2.05) is 36.9 Å². The monoisotopic (exact) mass is 404 g/mol. The lowest BCUT2D eigenvalue weighted by atomic mass is 9.98. The second-order valence-electron chi connectivity index (χ2n) is 8.34. The largest absolute Gasteiger partial charge is 0.321 e. The highest BCUT2D eigenvalue weighted by Gasteiger charge is 2.43. The summed E-state index contributed by atoms with van der Waals surface area (Å²) >= 11 is 0. The van der Waals surface area contributed by atoms with Gasteiger partial charge in [0.25, 0.3) is 0 Å². The Morgan fingerprint density at radius 2 is 1.80 bits per heavy atom. The maximum Gasteiger partial charge on any atom is 0.243 e. The van der Waals surface area contributed by atoms with Crippen LogP contribution in [0.1, 0.15) is 45.6 Å². The van der Waals surface area contributed by atoms with E-state index in [-0.39, 0.29) is 12.1 Å². The van der Waals surface area contributed by atoms with Crippen LogP contribution < -0.4 is 5.32 Å². The second kappa shape index (κ2) is 8.36. The normalized spacial score (nSPS) is 18.2. The Morgan fingerprint density at radius 3 is 2.47 bits per heavy atom. The van der Waals surface area contributed by atoms with Crippen LogP contribution >= 0.6 is 0 Å². The molecule has 7 nitrogen and oxygen atoms in total. The molecule has 3 aromatic rings. The molecular formula is C23H28N6O. The molecule has 1 atom stereocenters. The van der Waals surface area contributed by atoms with Crippen LogP contribution in [0.15, 0.2) is 48.5 Å². The number of carbonyl (C=O) groups excluding carboxylic acids is 1. The molecule has 1 fully saturated rings. The molecule has 1 unspecified atom stereocenters. The summed E-state index contributed by atoms with van der Waals surface area (Å²) in [6.07, 6.45) is 3.28. The number of tetrazole rings is 1. The van der Waals surface area contributed by atoms with Gasteiger partial charge in [-0.3, -0.25) is 10.1 Å². The van der Waals surface area contributed by atoms with E-state index in [1.54, 1.807) is 0 Å². The Hall–Kier alpha value is -3.06. The zero-order chi connectivity index (χ0) is 21.1. The summed E-state index contributed by atoms with van der Waals surface area (Å²) in [7, 11) is 0. The number of benzene rings is 2. The van der Waals surface area contributed by atoms with Gasteiger partial charge in [-0.2, -0.15) is 5.21 Å². The number of nitrogens with zero attached hydrogens (tertiary/aromatic N) is 4. The van der Waals surface area contributed by atoms with Crippen molar-refractivity contribution < 1.29 is 4.79 Å². The number of rotatable bonds is 7. The van der Waals surface area contributed by atoms with Gasteiger partial charge in [-0.1, -0.05) is 68.3 Å². The maximum atomic E-state index is 12.9. The average molecular weight is 405 g/mol. The van der Waals surface area contributed by atoms with E-state index in [4.69, 9.17) is 0 Å². The molecular weight excluding hydrogens is 376 g/mol. The highest BCUT2D eigenvalue weighted by molar-refractivity contribution is 5.88. The maximum absolute atomic E-state index is 12.9. The van der Waals surface area contributed by atoms with Crippen LogP contribution in [0.5, 0.6) is 0 Å². The zero-order valence-corrected chi connectivity index (χ0v) is 17.7. The minimum Gasteiger partial charge on any atom is -0.321 e. The van der Waals surface area contributed by atoms with Crippen molar-refractivity contribution in [3.63, 3.8) is 0 Å². The number of unbranched alkanes of at least 4 members (excludes halogenated alkanes) is 1. The third kappa shape index (κ3) is 3.98. The number of carbonyl (C=O) groups is 1. The Morgan fingerprint density at radius 1 is 1.07 bits per heavy atom. The molecule has 4 rings (SSSR count). The Kier molecular flexibility index (Phi) is 5.63. The van der Waals surface area contributed by atoms with E-state index in [1.165, 1.54) is 0 Å². The van der Waals surface area contributed by atoms with Gasteiger partial charge in [-0.05, 0) is 42.2 Å². The van der Waals surface area contributed by atoms with Gasteiger partial charge in [0.05, 0.1) is 11.7 Å². The van der Waals surface area contributed by atoms with Crippen LogP contribution in [0.4, 0.5) is 0 Å². The molecule has 7 heteroatoms. The molecule has 2 heterocycles. The quantitative estimate of drug-likeness (QED) is 0.626. The predicted molar refractivity (Wildman–Crippen MR) is 116 cm³/mol. The van der Waals surface area contributed by atoms with Crippen LogP contribution in [-0.2, 0) is 11.3 Å². The van der Waals surface area contributed by atoms with Gasteiger partial charge >= 0.3 is 0 Å². The molecule has 1 saturated heterocycles. The van der Waals surface area contributed by atoms with Gasteiger partial charge in [0.2, 0.25) is 11.7 Å². The van der Waals surface area contributed by atoms with E-state index in [9.17, 15) is 4.79 Å². The molecule has 1 aromatic heterocycles. The van der Waals surface area contributed by atoms with E-state index in [2.05, 4.69) is 63.2 Å². The smallest absolute Gasteiger partial charge is 0.243 e. The fourth-order valence-corrected chi connectivity index (χ4v) is 4.06. The summed E-state index contributed by atoms with van der Waals surface area (Å²) in [5.74, 6) is 0.736. The summed E-state index contributed by atoms with van der Waals surface area (Å²) in [6, 6.07) is 16.4. The summed E-state index contributed by atoms with van der Waals surface area (Å²) < 4.78 is 0. The summed E-state index contributed by atoms with van der Waals surface area (Å²) in [5, 5.41) is 17.9. The second-order valence-corrected chi connectivity index (χ2v) is 8.34. The Balaban J connectivity index is 1.55. The summed E-state index contributed by atoms with van der Waals surface area (Å²) in [5.41, 5.74) is 3.66. The van der Waals surface area contributed by atoms with Gasteiger partial charge in [0, 0.05) is 12.1 Å². The van der Waals surface area contributed by atoms with Crippen molar-refractivity contribution in [3.05, 3.63) is 54.1 Å². The third-order valence-corrected chi connectivity index (χ3v) is 5.66. The lowest BCUT2D eigenvalue weighted by Crippen LogP contribution is -2.41. The van der Waals surface area contributed by atoms with Gasteiger partial charge in [-0.15, -0.1) is 10.2 Å². The van der Waals surface area contributed by atoms with E-state index in [0.29, 0.717) is 12.4 Å². The molecule has 0 saturated carbocycles. The highest BCUT2D eigenvalue weighted by atomic mass is 16.2. The SMILES string of the molecule is CCCCC1NC(C)(C)C(=O)N1Cc1ccc(-c2ccccc2-c2nn[nH]n2)cc1. The average Bonchev–Trinajstić information content (AvgIpc) is 3.36. The fraction of sp³-hybridized carbons (Fsp3) is 0.391. The number of hydrogen-bond donors (Lipinski definition) is 2. The van der Waals surface area contributed by atoms with E-state index in [0.717, 1.165) is 41.5 Å². The van der Waals surface area contributed by atoms with Crippen LogP contribution in [-0.4, -0.2) is 43.1 Å². The molecule has 0 aliphatic carbocycles. The molecule has 2 aromatic carbocycles. The van der Waals surface area contributed by atoms with Crippen LogP contribution in [0.3, 0.4) is 0 Å². The first-order valence-electron chi connectivity index (χ1n) is 10.5. The first kappa shape index (κ1) is 20.2. The molecule has 0 radical (unpaired) electrons. The van der Waals surface area contributed by atoms with Crippen LogP contribution in [0, 0.1) is 0 Å². The van der Waals surface area contributed by atoms with Gasteiger partial charge in [-0.25, -0.2) is 0 Å². The Bertz CT molecular complexity index is 997. The number of aromatic nitrogens is 4. The molecule has 1 amide bonds. The van der Waals surface area contributed by atoms with Crippen molar-refractivity contribution in [2.45, 2.75) is 58.3 Å². The molecule has 2 N–H and O–H groups in total. The number of amides is 1. The minimum absolute atomic E-state index is 0.0890. The lowest BCUT2D eigenvalue weighted by molar-refractivity contribution is -0.133. The van der Waals surface area contributed by atoms with Crippen molar-refractivity contribution in [1.82, 2.24) is 30.8 Å². The standard InChI is InChI=1S/C23H28N6O/c1-4-5-10-20-24-23(2,3)22(30)29(20)15-16-11-13-17(14-12-16)18-8-6-7-9-19(18)21-25-27-28-26-21/h6-9,11-14,20,24H,4-5,10,15H2,1-3H3,(H,25,26,27,28). The van der Waals surface area contributed by atoms with Crippen molar-refractivity contribution in [1.29, 1.82) is 0 Å². The molecule has 0 bridgehead atoms. The molecule has 0 spiro atoms. The summed E-state index contributed by atoms with van der Waals surface area (Å²) in [4.78, 5) is 14.9. The fourth-order valence-electron chi connectivity index (χ4n) is 4.06. The summed E-state index contributed by atoms with van der Waals surface area (Å²) in [6.45, 7) is 6.71. The van der Waals surface area contributed by atoms with Gasteiger partial charge in [0.1, 0.15) is 0 Å². The predicted octanol–water partition coefficient (Wildman–Crippen LogP) is 3.76. The van der Waals surface area contributed by atoms with Crippen molar-refractivity contribution in [2.24, 2.45) is 0 Å². The van der Waals surface area contributed by atoms with Crippen molar-refractivity contribution >= 4 is 5.91 Å². The Labute approximate surface area is 176 Å². The number of aromatic amines is 1. The van der Waals surface area contributed by atoms with E-state index < -0.39 is 5.54 Å². The third-order valence-electron chi connectivity index (χ3n) is 5.66.